The van der Waals surface area contributed by atoms with Gasteiger partial charge in [0.05, 0.1) is 6.10 Å². The fraction of sp³-hybridized carbons (Fsp3) is 0.700. The summed E-state index contributed by atoms with van der Waals surface area (Å²) in [6.07, 6.45) is 8.37. The minimum Gasteiger partial charge on any atom is -0.393 e. The highest BCUT2D eigenvalue weighted by atomic mass is 16.3. The van der Waals surface area contributed by atoms with Gasteiger partial charge in [0.1, 0.15) is 0 Å². The lowest BCUT2D eigenvalue weighted by molar-refractivity contribution is 0.0819. The van der Waals surface area contributed by atoms with Crippen LogP contribution in [-0.4, -0.2) is 48.3 Å². The SMILES string of the molecule is OC1CCN(CCCNC2CCC(c3ccccc3)CC2)CC1. The Balaban J connectivity index is 1.28. The minimum atomic E-state index is -0.0517. The smallest absolute Gasteiger partial charge is 0.0564 e. The van der Waals surface area contributed by atoms with Crippen molar-refractivity contribution < 1.29 is 5.11 Å². The van der Waals surface area contributed by atoms with Crippen molar-refractivity contribution in [1.82, 2.24) is 10.2 Å². The zero-order chi connectivity index (χ0) is 15.9. The van der Waals surface area contributed by atoms with E-state index in [1.54, 1.807) is 0 Å². The van der Waals surface area contributed by atoms with Crippen LogP contribution >= 0.6 is 0 Å². The van der Waals surface area contributed by atoms with E-state index in [0.29, 0.717) is 0 Å². The fourth-order valence-corrected chi connectivity index (χ4v) is 4.11. The van der Waals surface area contributed by atoms with E-state index in [1.807, 2.05) is 0 Å². The van der Waals surface area contributed by atoms with E-state index in [1.165, 1.54) is 44.2 Å². The standard InChI is InChI=1S/C20H32N2O/c23-20-11-15-22(16-12-20)14-4-13-21-19-9-7-18(8-10-19)17-5-2-1-3-6-17/h1-3,5-6,18-21,23H,4,7-16H2. The Morgan fingerprint density at radius 1 is 0.957 bits per heavy atom. The van der Waals surface area contributed by atoms with E-state index < -0.39 is 0 Å². The van der Waals surface area contributed by atoms with Crippen LogP contribution in [0, 0.1) is 0 Å². The van der Waals surface area contributed by atoms with Gasteiger partial charge in [-0.3, -0.25) is 0 Å². The Morgan fingerprint density at radius 3 is 2.35 bits per heavy atom. The molecule has 0 unspecified atom stereocenters. The third kappa shape index (κ3) is 5.30. The molecule has 0 bridgehead atoms. The van der Waals surface area contributed by atoms with E-state index in [0.717, 1.165) is 44.4 Å². The average Bonchev–Trinajstić information content (AvgIpc) is 2.62. The molecule has 2 aliphatic rings. The van der Waals surface area contributed by atoms with Gasteiger partial charge in [-0.1, -0.05) is 30.3 Å². The van der Waals surface area contributed by atoms with Crippen molar-refractivity contribution in [2.24, 2.45) is 0 Å². The van der Waals surface area contributed by atoms with Crippen LogP contribution < -0.4 is 5.32 Å². The van der Waals surface area contributed by atoms with E-state index in [2.05, 4.69) is 40.5 Å². The van der Waals surface area contributed by atoms with Crippen LogP contribution in [0.15, 0.2) is 30.3 Å². The van der Waals surface area contributed by atoms with Crippen LogP contribution in [-0.2, 0) is 0 Å². The summed E-state index contributed by atoms with van der Waals surface area (Å²) < 4.78 is 0. The molecule has 2 fully saturated rings. The summed E-state index contributed by atoms with van der Waals surface area (Å²) in [5.74, 6) is 0.772. The Bertz CT molecular complexity index is 434. The van der Waals surface area contributed by atoms with Crippen molar-refractivity contribution in [3.05, 3.63) is 35.9 Å². The zero-order valence-corrected chi connectivity index (χ0v) is 14.3. The van der Waals surface area contributed by atoms with E-state index in [-0.39, 0.29) is 6.10 Å². The van der Waals surface area contributed by atoms with Crippen LogP contribution in [0.2, 0.25) is 0 Å². The molecule has 3 nitrogen and oxygen atoms in total. The molecule has 3 rings (SSSR count). The summed E-state index contributed by atoms with van der Waals surface area (Å²) in [5.41, 5.74) is 1.53. The predicted octanol–water partition coefficient (Wildman–Crippen LogP) is 3.15. The number of aliphatic hydroxyl groups excluding tert-OH is 1. The molecule has 0 amide bonds. The highest BCUT2D eigenvalue weighted by molar-refractivity contribution is 5.20. The molecule has 1 aromatic rings. The number of rotatable bonds is 6. The first-order valence-corrected chi connectivity index (χ1v) is 9.50. The van der Waals surface area contributed by atoms with Crippen molar-refractivity contribution in [2.75, 3.05) is 26.2 Å². The van der Waals surface area contributed by atoms with Gasteiger partial charge in [-0.05, 0) is 69.5 Å². The number of hydrogen-bond acceptors (Lipinski definition) is 3. The number of likely N-dealkylation sites (tertiary alicyclic amines) is 1. The quantitative estimate of drug-likeness (QED) is 0.792. The maximum absolute atomic E-state index is 9.53. The molecule has 128 valence electrons. The molecule has 0 radical (unpaired) electrons. The van der Waals surface area contributed by atoms with Crippen molar-refractivity contribution in [1.29, 1.82) is 0 Å². The fourth-order valence-electron chi connectivity index (χ4n) is 4.11. The lowest BCUT2D eigenvalue weighted by atomic mass is 9.82. The van der Waals surface area contributed by atoms with Gasteiger partial charge in [-0.2, -0.15) is 0 Å². The van der Waals surface area contributed by atoms with Crippen LogP contribution in [0.25, 0.3) is 0 Å². The topological polar surface area (TPSA) is 35.5 Å². The van der Waals surface area contributed by atoms with Crippen molar-refractivity contribution >= 4 is 0 Å². The molecule has 0 spiro atoms. The van der Waals surface area contributed by atoms with E-state index >= 15 is 0 Å². The van der Waals surface area contributed by atoms with Gasteiger partial charge in [0.15, 0.2) is 0 Å². The van der Waals surface area contributed by atoms with Crippen LogP contribution in [0.4, 0.5) is 0 Å². The molecule has 0 atom stereocenters. The summed E-state index contributed by atoms with van der Waals surface area (Å²) in [5, 5.41) is 13.3. The molecule has 23 heavy (non-hydrogen) atoms. The number of piperidine rings is 1. The summed E-state index contributed by atoms with van der Waals surface area (Å²) >= 11 is 0. The van der Waals surface area contributed by atoms with Crippen molar-refractivity contribution in [3.8, 4) is 0 Å². The van der Waals surface area contributed by atoms with Gasteiger partial charge in [0, 0.05) is 19.1 Å². The molecule has 0 aromatic heterocycles. The Kier molecular flexibility index (Phi) is 6.49. The van der Waals surface area contributed by atoms with Crippen molar-refractivity contribution in [3.63, 3.8) is 0 Å². The Hall–Kier alpha value is -0.900. The normalized spacial score (nSPS) is 27.2. The molecule has 1 heterocycles. The molecule has 2 N–H and O–H groups in total. The molecule has 3 heteroatoms. The molecule has 1 aliphatic heterocycles. The summed E-state index contributed by atoms with van der Waals surface area (Å²) in [6.45, 7) is 4.46. The van der Waals surface area contributed by atoms with Gasteiger partial charge in [-0.15, -0.1) is 0 Å². The summed E-state index contributed by atoms with van der Waals surface area (Å²) in [4.78, 5) is 2.50. The van der Waals surface area contributed by atoms with Crippen LogP contribution in [0.3, 0.4) is 0 Å². The molecule has 1 aliphatic carbocycles. The first-order chi connectivity index (χ1) is 11.3. The molecule has 1 saturated heterocycles. The lowest BCUT2D eigenvalue weighted by Crippen LogP contribution is -2.38. The first kappa shape index (κ1) is 16.9. The van der Waals surface area contributed by atoms with Crippen LogP contribution in [0.5, 0.6) is 0 Å². The largest absolute Gasteiger partial charge is 0.393 e. The molecular formula is C20H32N2O. The van der Waals surface area contributed by atoms with Gasteiger partial charge in [0.2, 0.25) is 0 Å². The molecular weight excluding hydrogens is 284 g/mol. The zero-order valence-electron chi connectivity index (χ0n) is 14.3. The number of aliphatic hydroxyl groups is 1. The predicted molar refractivity (Wildman–Crippen MR) is 95.7 cm³/mol. The van der Waals surface area contributed by atoms with Crippen molar-refractivity contribution in [2.45, 2.75) is 63.0 Å². The highest BCUT2D eigenvalue weighted by Gasteiger charge is 2.22. The second-order valence-corrected chi connectivity index (χ2v) is 7.34. The molecule has 1 aromatic carbocycles. The van der Waals surface area contributed by atoms with Crippen LogP contribution in [0.1, 0.15) is 56.4 Å². The van der Waals surface area contributed by atoms with E-state index in [4.69, 9.17) is 0 Å². The summed E-state index contributed by atoms with van der Waals surface area (Å²) in [7, 11) is 0. The summed E-state index contributed by atoms with van der Waals surface area (Å²) in [6, 6.07) is 11.7. The third-order valence-corrected chi connectivity index (χ3v) is 5.64. The van der Waals surface area contributed by atoms with Gasteiger partial charge in [-0.25, -0.2) is 0 Å². The number of nitrogens with one attached hydrogen (secondary N) is 1. The Labute approximate surface area is 141 Å². The second-order valence-electron chi connectivity index (χ2n) is 7.34. The number of benzene rings is 1. The maximum Gasteiger partial charge on any atom is 0.0564 e. The lowest BCUT2D eigenvalue weighted by Gasteiger charge is -2.31. The van der Waals surface area contributed by atoms with Gasteiger partial charge >= 0.3 is 0 Å². The highest BCUT2D eigenvalue weighted by Crippen LogP contribution is 2.32. The van der Waals surface area contributed by atoms with Gasteiger partial charge in [0.25, 0.3) is 0 Å². The van der Waals surface area contributed by atoms with Gasteiger partial charge < -0.3 is 15.3 Å². The monoisotopic (exact) mass is 316 g/mol. The minimum absolute atomic E-state index is 0.0517. The number of hydrogen-bond donors (Lipinski definition) is 2. The third-order valence-electron chi connectivity index (χ3n) is 5.64. The Morgan fingerprint density at radius 2 is 1.65 bits per heavy atom. The maximum atomic E-state index is 9.53. The average molecular weight is 316 g/mol. The first-order valence-electron chi connectivity index (χ1n) is 9.50. The molecule has 1 saturated carbocycles. The van der Waals surface area contributed by atoms with E-state index in [9.17, 15) is 5.11 Å². The second kappa shape index (κ2) is 8.81. The number of nitrogens with zero attached hydrogens (tertiary/aromatic N) is 1.